The van der Waals surface area contributed by atoms with Crippen LogP contribution in [0.1, 0.15) is 28.1 Å². The van der Waals surface area contributed by atoms with Gasteiger partial charge in [0.15, 0.2) is 0 Å². The van der Waals surface area contributed by atoms with Crippen molar-refractivity contribution in [3.8, 4) is 0 Å². The lowest BCUT2D eigenvalue weighted by Crippen LogP contribution is -2.39. The molecule has 6 nitrogen and oxygen atoms in total. The van der Waals surface area contributed by atoms with Crippen molar-refractivity contribution in [2.24, 2.45) is 5.92 Å². The highest BCUT2D eigenvalue weighted by molar-refractivity contribution is 7.12. The third kappa shape index (κ3) is 5.23. The number of halogens is 1. The van der Waals surface area contributed by atoms with Gasteiger partial charge in [0.25, 0.3) is 5.91 Å². The largest absolute Gasteiger partial charge is 0.396 e. The highest BCUT2D eigenvalue weighted by atomic mass is 35.5. The van der Waals surface area contributed by atoms with E-state index in [4.69, 9.17) is 21.3 Å². The van der Waals surface area contributed by atoms with Gasteiger partial charge >= 0.3 is 0 Å². The molecule has 1 fully saturated rings. The van der Waals surface area contributed by atoms with Crippen molar-refractivity contribution >= 4 is 45.6 Å². The van der Waals surface area contributed by atoms with Crippen molar-refractivity contribution in [2.75, 3.05) is 44.9 Å². The van der Waals surface area contributed by atoms with Crippen molar-refractivity contribution in [1.82, 2.24) is 9.88 Å². The molecule has 8 heteroatoms. The maximum absolute atomic E-state index is 13.2. The summed E-state index contributed by atoms with van der Waals surface area (Å²) in [5.41, 5.74) is 1.81. The number of aliphatic hydroxyl groups is 1. The molecule has 32 heavy (non-hydrogen) atoms. The number of pyridine rings is 1. The average Bonchev–Trinajstić information content (AvgIpc) is 3.36. The van der Waals surface area contributed by atoms with Crippen molar-refractivity contribution < 1.29 is 14.6 Å². The molecule has 170 valence electrons. The molecule has 4 rings (SSSR count). The van der Waals surface area contributed by atoms with E-state index < -0.39 is 0 Å². The molecule has 1 aliphatic rings. The predicted octanol–water partition coefficient (Wildman–Crippen LogP) is 4.45. The Morgan fingerprint density at radius 2 is 2.25 bits per heavy atom. The Morgan fingerprint density at radius 3 is 3.00 bits per heavy atom. The first-order valence-electron chi connectivity index (χ1n) is 10.9. The quantitative estimate of drug-likeness (QED) is 0.523. The van der Waals surface area contributed by atoms with Crippen LogP contribution in [0.4, 0.5) is 5.82 Å². The monoisotopic (exact) mass is 473 g/mol. The Balaban J connectivity index is 1.72. The molecule has 0 aliphatic carbocycles. The molecule has 1 atom stereocenters. The number of carbonyl (C=O) groups excluding carboxylic acids is 1. The Labute approximate surface area is 197 Å². The number of rotatable bonds is 8. The van der Waals surface area contributed by atoms with E-state index in [1.807, 2.05) is 40.6 Å². The summed E-state index contributed by atoms with van der Waals surface area (Å²) >= 11 is 7.67. The zero-order chi connectivity index (χ0) is 22.5. The minimum absolute atomic E-state index is 0.00826. The van der Waals surface area contributed by atoms with Gasteiger partial charge in [0.2, 0.25) is 0 Å². The Bertz CT molecular complexity index is 1060. The fraction of sp³-hybridized carbons (Fsp3) is 0.417. The van der Waals surface area contributed by atoms with E-state index in [0.717, 1.165) is 48.2 Å². The van der Waals surface area contributed by atoms with E-state index in [9.17, 15) is 9.90 Å². The number of nitrogens with zero attached hydrogens (tertiary/aromatic N) is 3. The van der Waals surface area contributed by atoms with E-state index >= 15 is 0 Å². The molecule has 1 saturated heterocycles. The van der Waals surface area contributed by atoms with Crippen LogP contribution in [0.25, 0.3) is 10.9 Å². The first-order chi connectivity index (χ1) is 15.6. The number of fused-ring (bicyclic) bond motifs is 1. The van der Waals surface area contributed by atoms with Crippen LogP contribution in [0.15, 0.2) is 41.8 Å². The van der Waals surface area contributed by atoms with Crippen LogP contribution in [0.2, 0.25) is 5.02 Å². The van der Waals surface area contributed by atoms with Gasteiger partial charge in [-0.3, -0.25) is 4.79 Å². The molecule has 1 unspecified atom stereocenters. The van der Waals surface area contributed by atoms with Gasteiger partial charge in [-0.25, -0.2) is 4.98 Å². The first-order valence-corrected chi connectivity index (χ1v) is 12.1. The second-order valence-electron chi connectivity index (χ2n) is 8.14. The van der Waals surface area contributed by atoms with Gasteiger partial charge in [-0.05, 0) is 48.4 Å². The van der Waals surface area contributed by atoms with Gasteiger partial charge in [-0.15, -0.1) is 11.3 Å². The first kappa shape index (κ1) is 23.0. The maximum Gasteiger partial charge on any atom is 0.264 e. The summed E-state index contributed by atoms with van der Waals surface area (Å²) < 4.78 is 5.28. The van der Waals surface area contributed by atoms with E-state index in [1.165, 1.54) is 11.3 Å². The molecule has 1 aromatic carbocycles. The molecular formula is C24H28ClN3O3S. The fourth-order valence-electron chi connectivity index (χ4n) is 4.19. The van der Waals surface area contributed by atoms with Gasteiger partial charge in [-0.2, -0.15) is 0 Å². The topological polar surface area (TPSA) is 65.9 Å². The number of hydrogen-bond donors (Lipinski definition) is 1. The van der Waals surface area contributed by atoms with Crippen LogP contribution < -0.4 is 4.90 Å². The summed E-state index contributed by atoms with van der Waals surface area (Å²) in [6.07, 6.45) is 2.01. The van der Waals surface area contributed by atoms with E-state index in [1.54, 1.807) is 7.11 Å². The predicted molar refractivity (Wildman–Crippen MR) is 130 cm³/mol. The van der Waals surface area contributed by atoms with Crippen LogP contribution in [0.3, 0.4) is 0 Å². The molecule has 1 aliphatic heterocycles. The highest BCUT2D eigenvalue weighted by Gasteiger charge is 2.25. The van der Waals surface area contributed by atoms with Gasteiger partial charge in [0.1, 0.15) is 5.82 Å². The summed E-state index contributed by atoms with van der Waals surface area (Å²) in [5, 5.41) is 13.3. The second kappa shape index (κ2) is 10.6. The van der Waals surface area contributed by atoms with Gasteiger partial charge in [-0.1, -0.05) is 23.7 Å². The lowest BCUT2D eigenvalue weighted by atomic mass is 9.98. The normalized spacial score (nSPS) is 16.5. The summed E-state index contributed by atoms with van der Waals surface area (Å²) in [6, 6.07) is 11.5. The van der Waals surface area contributed by atoms with Crippen molar-refractivity contribution in [2.45, 2.75) is 19.4 Å². The average molecular weight is 474 g/mol. The lowest BCUT2D eigenvalue weighted by molar-refractivity contribution is 0.0685. The van der Waals surface area contributed by atoms with E-state index in [2.05, 4.69) is 11.0 Å². The zero-order valence-corrected chi connectivity index (χ0v) is 19.7. The smallest absolute Gasteiger partial charge is 0.264 e. The fourth-order valence-corrected chi connectivity index (χ4v) is 5.04. The summed E-state index contributed by atoms with van der Waals surface area (Å²) in [7, 11) is 1.64. The number of aliphatic hydroxyl groups excluding tert-OH is 1. The van der Waals surface area contributed by atoms with Crippen LogP contribution in [0, 0.1) is 5.92 Å². The molecule has 0 bridgehead atoms. The molecule has 0 saturated carbocycles. The number of piperidine rings is 1. The number of ether oxygens (including phenoxy) is 1. The summed E-state index contributed by atoms with van der Waals surface area (Å²) in [4.78, 5) is 23.0. The van der Waals surface area contributed by atoms with Crippen molar-refractivity contribution in [3.63, 3.8) is 0 Å². The molecule has 0 spiro atoms. The number of benzene rings is 1. The molecule has 3 aromatic rings. The second-order valence-corrected chi connectivity index (χ2v) is 9.53. The van der Waals surface area contributed by atoms with Crippen LogP contribution >= 0.6 is 22.9 Å². The molecule has 0 radical (unpaired) electrons. The van der Waals surface area contributed by atoms with Crippen LogP contribution in [-0.4, -0.2) is 60.9 Å². The number of anilines is 1. The number of amides is 1. The molecule has 1 amide bonds. The van der Waals surface area contributed by atoms with Crippen molar-refractivity contribution in [3.05, 3.63) is 57.2 Å². The lowest BCUT2D eigenvalue weighted by Gasteiger charge is -2.35. The van der Waals surface area contributed by atoms with E-state index in [-0.39, 0.29) is 18.4 Å². The number of thiophene rings is 1. The zero-order valence-electron chi connectivity index (χ0n) is 18.2. The Hall–Kier alpha value is -2.19. The Morgan fingerprint density at radius 1 is 1.38 bits per heavy atom. The highest BCUT2D eigenvalue weighted by Crippen LogP contribution is 2.30. The van der Waals surface area contributed by atoms with Crippen molar-refractivity contribution in [1.29, 1.82) is 0 Å². The number of aromatic nitrogens is 1. The molecule has 2 aromatic heterocycles. The number of carbonyl (C=O) groups is 1. The number of methoxy groups -OCH3 is 1. The van der Waals surface area contributed by atoms with E-state index in [0.29, 0.717) is 29.6 Å². The summed E-state index contributed by atoms with van der Waals surface area (Å²) in [6.45, 7) is 3.17. The third-order valence-corrected chi connectivity index (χ3v) is 6.95. The minimum atomic E-state index is -0.00826. The third-order valence-electron chi connectivity index (χ3n) is 5.86. The van der Waals surface area contributed by atoms with Gasteiger partial charge in [0.05, 0.1) is 17.0 Å². The minimum Gasteiger partial charge on any atom is -0.396 e. The van der Waals surface area contributed by atoms with Gasteiger partial charge < -0.3 is 19.6 Å². The Kier molecular flexibility index (Phi) is 7.63. The standard InChI is InChI=1S/C24H28ClN3O3S/c1-31-10-9-28(24(30)22-5-3-11-32-22)15-19-12-18-6-7-20(25)13-21(18)26-23(19)27-8-2-4-17(14-27)16-29/h3,5-7,11-13,17,29H,2,4,8-10,14-16H2,1H3. The van der Waals surface area contributed by atoms with Gasteiger partial charge in [0, 0.05) is 55.9 Å². The van der Waals surface area contributed by atoms with Crippen LogP contribution in [-0.2, 0) is 11.3 Å². The molecular weight excluding hydrogens is 446 g/mol. The SMILES string of the molecule is COCCN(Cc1cc2ccc(Cl)cc2nc1N1CCCC(CO)C1)C(=O)c1cccs1. The molecule has 3 heterocycles. The maximum atomic E-state index is 13.2. The van der Waals surface area contributed by atoms with Crippen LogP contribution in [0.5, 0.6) is 0 Å². The number of hydrogen-bond acceptors (Lipinski definition) is 6. The summed E-state index contributed by atoms with van der Waals surface area (Å²) in [5.74, 6) is 1.08. The molecule has 1 N–H and O–H groups in total.